The summed E-state index contributed by atoms with van der Waals surface area (Å²) in [5.41, 5.74) is 7.42. The summed E-state index contributed by atoms with van der Waals surface area (Å²) in [5, 5.41) is 11.5. The monoisotopic (exact) mass is 208 g/mol. The van der Waals surface area contributed by atoms with Crippen LogP contribution in [0.1, 0.15) is 12.5 Å². The van der Waals surface area contributed by atoms with Crippen molar-refractivity contribution in [2.24, 2.45) is 5.73 Å². The van der Waals surface area contributed by atoms with Crippen LogP contribution >= 0.6 is 0 Å². The Hall–Kier alpha value is -1.39. The quantitative estimate of drug-likeness (QED) is 0.674. The first kappa shape index (κ1) is 11.7. The molecule has 82 valence electrons. The first-order chi connectivity index (χ1) is 7.11. The van der Waals surface area contributed by atoms with Crippen molar-refractivity contribution in [2.75, 3.05) is 11.9 Å². The van der Waals surface area contributed by atoms with Gasteiger partial charge in [0, 0.05) is 18.7 Å². The van der Waals surface area contributed by atoms with Gasteiger partial charge in [-0.1, -0.05) is 12.1 Å². The normalized spacial score (nSPS) is 12.2. The molecule has 0 bridgehead atoms. The van der Waals surface area contributed by atoms with Gasteiger partial charge >= 0.3 is 0 Å². The number of amides is 1. The highest BCUT2D eigenvalue weighted by Crippen LogP contribution is 2.10. The maximum absolute atomic E-state index is 10.8. The van der Waals surface area contributed by atoms with E-state index in [4.69, 9.17) is 10.8 Å². The second kappa shape index (κ2) is 5.48. The van der Waals surface area contributed by atoms with Crippen molar-refractivity contribution in [1.82, 2.24) is 0 Å². The predicted octanol–water partition coefficient (Wildman–Crippen LogP) is 0.507. The van der Waals surface area contributed by atoms with E-state index in [1.807, 2.05) is 24.3 Å². The Morgan fingerprint density at radius 1 is 1.47 bits per heavy atom. The van der Waals surface area contributed by atoms with E-state index < -0.39 is 0 Å². The minimum atomic E-state index is -0.225. The van der Waals surface area contributed by atoms with Crippen molar-refractivity contribution in [3.05, 3.63) is 29.8 Å². The molecule has 0 radical (unpaired) electrons. The lowest BCUT2D eigenvalue weighted by molar-refractivity contribution is -0.114. The SMILES string of the molecule is CC(=O)Nc1ccc(CC(N)CO)cc1. The van der Waals surface area contributed by atoms with Gasteiger partial charge in [0.15, 0.2) is 0 Å². The summed E-state index contributed by atoms with van der Waals surface area (Å²) in [4.78, 5) is 10.8. The number of aliphatic hydroxyl groups excluding tert-OH is 1. The third kappa shape index (κ3) is 4.10. The van der Waals surface area contributed by atoms with Gasteiger partial charge in [0.1, 0.15) is 0 Å². The van der Waals surface area contributed by atoms with E-state index in [0.717, 1.165) is 11.3 Å². The van der Waals surface area contributed by atoms with E-state index in [0.29, 0.717) is 6.42 Å². The largest absolute Gasteiger partial charge is 0.395 e. The molecule has 1 aromatic carbocycles. The Morgan fingerprint density at radius 2 is 2.07 bits per heavy atom. The molecule has 0 aromatic heterocycles. The Balaban J connectivity index is 2.60. The fourth-order valence-electron chi connectivity index (χ4n) is 1.29. The first-order valence-corrected chi connectivity index (χ1v) is 4.85. The van der Waals surface area contributed by atoms with Gasteiger partial charge in [-0.3, -0.25) is 4.79 Å². The minimum Gasteiger partial charge on any atom is -0.395 e. The lowest BCUT2D eigenvalue weighted by Gasteiger charge is -2.08. The molecule has 0 fully saturated rings. The van der Waals surface area contributed by atoms with Crippen LogP contribution in [0.3, 0.4) is 0 Å². The molecule has 4 nitrogen and oxygen atoms in total. The van der Waals surface area contributed by atoms with E-state index in [9.17, 15) is 4.79 Å². The molecule has 1 unspecified atom stereocenters. The summed E-state index contributed by atoms with van der Waals surface area (Å²) < 4.78 is 0. The highest BCUT2D eigenvalue weighted by Gasteiger charge is 2.02. The first-order valence-electron chi connectivity index (χ1n) is 4.85. The van der Waals surface area contributed by atoms with E-state index >= 15 is 0 Å². The average Bonchev–Trinajstić information content (AvgIpc) is 2.20. The number of carbonyl (C=O) groups is 1. The molecule has 1 rings (SSSR count). The van der Waals surface area contributed by atoms with Crippen molar-refractivity contribution in [1.29, 1.82) is 0 Å². The Labute approximate surface area is 89.1 Å². The standard InChI is InChI=1S/C11H16N2O2/c1-8(15)13-11-4-2-9(3-5-11)6-10(12)7-14/h2-5,10,14H,6-7,12H2,1H3,(H,13,15). The van der Waals surface area contributed by atoms with Gasteiger partial charge in [0.05, 0.1) is 6.61 Å². The topological polar surface area (TPSA) is 75.4 Å². The van der Waals surface area contributed by atoms with E-state index in [1.165, 1.54) is 6.92 Å². The van der Waals surface area contributed by atoms with Crippen molar-refractivity contribution in [3.8, 4) is 0 Å². The van der Waals surface area contributed by atoms with Gasteiger partial charge in [0.2, 0.25) is 5.91 Å². The number of nitrogens with two attached hydrogens (primary N) is 1. The molecule has 1 aromatic rings. The molecule has 0 aliphatic heterocycles. The number of nitrogens with one attached hydrogen (secondary N) is 1. The highest BCUT2D eigenvalue weighted by molar-refractivity contribution is 5.88. The van der Waals surface area contributed by atoms with Crippen LogP contribution in [-0.4, -0.2) is 23.7 Å². The van der Waals surface area contributed by atoms with E-state index in [1.54, 1.807) is 0 Å². The summed E-state index contributed by atoms with van der Waals surface area (Å²) in [6.07, 6.45) is 0.636. The van der Waals surface area contributed by atoms with Gasteiger partial charge in [-0.15, -0.1) is 0 Å². The minimum absolute atomic E-state index is 0.0204. The average molecular weight is 208 g/mol. The second-order valence-corrected chi connectivity index (χ2v) is 3.52. The molecular weight excluding hydrogens is 192 g/mol. The fourth-order valence-corrected chi connectivity index (χ4v) is 1.29. The molecule has 0 heterocycles. The number of rotatable bonds is 4. The third-order valence-electron chi connectivity index (χ3n) is 2.01. The van der Waals surface area contributed by atoms with Gasteiger partial charge in [0.25, 0.3) is 0 Å². The van der Waals surface area contributed by atoms with Crippen molar-refractivity contribution in [3.63, 3.8) is 0 Å². The van der Waals surface area contributed by atoms with Crippen LogP contribution in [-0.2, 0) is 11.2 Å². The zero-order valence-electron chi connectivity index (χ0n) is 8.73. The molecule has 0 saturated carbocycles. The summed E-state index contributed by atoms with van der Waals surface area (Å²) in [5.74, 6) is -0.0881. The number of carbonyl (C=O) groups excluding carboxylic acids is 1. The summed E-state index contributed by atoms with van der Waals surface area (Å²) in [6.45, 7) is 1.45. The number of hydrogen-bond acceptors (Lipinski definition) is 3. The second-order valence-electron chi connectivity index (χ2n) is 3.52. The summed E-state index contributed by atoms with van der Waals surface area (Å²) >= 11 is 0. The fraction of sp³-hybridized carbons (Fsp3) is 0.364. The zero-order valence-corrected chi connectivity index (χ0v) is 8.73. The number of benzene rings is 1. The van der Waals surface area contributed by atoms with Crippen molar-refractivity contribution in [2.45, 2.75) is 19.4 Å². The van der Waals surface area contributed by atoms with Crippen molar-refractivity contribution >= 4 is 11.6 Å². The molecule has 0 spiro atoms. The lowest BCUT2D eigenvalue weighted by atomic mass is 10.1. The van der Waals surface area contributed by atoms with Crippen LogP contribution in [0.15, 0.2) is 24.3 Å². The zero-order chi connectivity index (χ0) is 11.3. The highest BCUT2D eigenvalue weighted by atomic mass is 16.3. The van der Waals surface area contributed by atoms with Gasteiger partial charge in [-0.2, -0.15) is 0 Å². The summed E-state index contributed by atoms with van der Waals surface area (Å²) in [7, 11) is 0. The van der Waals surface area contributed by atoms with Gasteiger partial charge in [-0.25, -0.2) is 0 Å². The molecule has 0 aliphatic carbocycles. The maximum Gasteiger partial charge on any atom is 0.221 e. The van der Waals surface area contributed by atoms with E-state index in [2.05, 4.69) is 5.32 Å². The Kier molecular flexibility index (Phi) is 4.27. The van der Waals surface area contributed by atoms with Crippen LogP contribution in [0.4, 0.5) is 5.69 Å². The molecule has 1 atom stereocenters. The lowest BCUT2D eigenvalue weighted by Crippen LogP contribution is -2.26. The van der Waals surface area contributed by atoms with Gasteiger partial charge in [-0.05, 0) is 24.1 Å². The van der Waals surface area contributed by atoms with Crippen LogP contribution in [0, 0.1) is 0 Å². The number of aliphatic hydroxyl groups is 1. The molecule has 4 N–H and O–H groups in total. The van der Waals surface area contributed by atoms with Crippen LogP contribution in [0.2, 0.25) is 0 Å². The van der Waals surface area contributed by atoms with Crippen LogP contribution in [0.25, 0.3) is 0 Å². The smallest absolute Gasteiger partial charge is 0.221 e. The van der Waals surface area contributed by atoms with Crippen LogP contribution in [0.5, 0.6) is 0 Å². The van der Waals surface area contributed by atoms with Crippen LogP contribution < -0.4 is 11.1 Å². The van der Waals surface area contributed by atoms with E-state index in [-0.39, 0.29) is 18.6 Å². The number of hydrogen-bond donors (Lipinski definition) is 3. The molecule has 0 saturated heterocycles. The number of anilines is 1. The molecule has 4 heteroatoms. The summed E-state index contributed by atoms with van der Waals surface area (Å²) in [6, 6.07) is 7.19. The van der Waals surface area contributed by atoms with Gasteiger partial charge < -0.3 is 16.2 Å². The Bertz CT molecular complexity index is 322. The Morgan fingerprint density at radius 3 is 2.53 bits per heavy atom. The molecule has 1 amide bonds. The molecule has 0 aliphatic rings. The predicted molar refractivity (Wildman–Crippen MR) is 59.5 cm³/mol. The maximum atomic E-state index is 10.8. The third-order valence-corrected chi connectivity index (χ3v) is 2.01. The van der Waals surface area contributed by atoms with Crippen molar-refractivity contribution < 1.29 is 9.90 Å². The molecule has 15 heavy (non-hydrogen) atoms. The molecular formula is C11H16N2O2.